The van der Waals surface area contributed by atoms with Crippen LogP contribution in [-0.4, -0.2) is 0 Å². The molecule has 0 bridgehead atoms. The second kappa shape index (κ2) is 7.46. The summed E-state index contributed by atoms with van der Waals surface area (Å²) in [7, 11) is 0. The van der Waals surface area contributed by atoms with Crippen molar-refractivity contribution in [3.63, 3.8) is 0 Å². The van der Waals surface area contributed by atoms with Crippen LogP contribution in [0.15, 0.2) is 42.5 Å². The number of nitrogens with one attached hydrogen (secondary N) is 1. The first kappa shape index (κ1) is 15.8. The molecule has 1 unspecified atom stereocenters. The van der Waals surface area contributed by atoms with E-state index in [1.54, 1.807) is 12.1 Å². The van der Waals surface area contributed by atoms with Gasteiger partial charge in [-0.1, -0.05) is 49.2 Å². The molecule has 0 aromatic heterocycles. The van der Waals surface area contributed by atoms with Crippen molar-refractivity contribution < 1.29 is 4.39 Å². The molecule has 0 radical (unpaired) electrons. The molecule has 1 atom stereocenters. The zero-order valence-corrected chi connectivity index (χ0v) is 13.3. The topological polar surface area (TPSA) is 12.0 Å². The fourth-order valence-electron chi connectivity index (χ4n) is 2.27. The summed E-state index contributed by atoms with van der Waals surface area (Å²) in [5.41, 5.74) is 3.29. The van der Waals surface area contributed by atoms with E-state index in [4.69, 9.17) is 11.6 Å². The molecule has 0 aliphatic heterocycles. The molecule has 2 aromatic carbocycles. The van der Waals surface area contributed by atoms with Crippen LogP contribution in [0.5, 0.6) is 0 Å². The highest BCUT2D eigenvalue weighted by Crippen LogP contribution is 2.23. The molecule has 112 valence electrons. The van der Waals surface area contributed by atoms with Crippen molar-refractivity contribution in [1.29, 1.82) is 0 Å². The van der Waals surface area contributed by atoms with Crippen LogP contribution in [0.25, 0.3) is 0 Å². The van der Waals surface area contributed by atoms with Gasteiger partial charge in [0.2, 0.25) is 0 Å². The normalized spacial score (nSPS) is 12.2. The summed E-state index contributed by atoms with van der Waals surface area (Å²) in [6.45, 7) is 4.26. The van der Waals surface area contributed by atoms with Crippen LogP contribution >= 0.6 is 11.6 Å². The van der Waals surface area contributed by atoms with Crippen LogP contribution in [0.4, 0.5) is 10.1 Å². The SMILES string of the molecule is CCCCc1ccc(C(C)Nc2ccc(Cl)c(F)c2)cc1. The Balaban J connectivity index is 2.02. The first-order chi connectivity index (χ1) is 10.1. The van der Waals surface area contributed by atoms with E-state index in [-0.39, 0.29) is 11.1 Å². The average Bonchev–Trinajstić information content (AvgIpc) is 2.49. The molecule has 2 aromatic rings. The molecule has 3 heteroatoms. The Morgan fingerprint density at radius 1 is 1.14 bits per heavy atom. The summed E-state index contributed by atoms with van der Waals surface area (Å²) < 4.78 is 13.4. The predicted octanol–water partition coefficient (Wildman–Crippen LogP) is 5.99. The van der Waals surface area contributed by atoms with Gasteiger partial charge in [0.1, 0.15) is 5.82 Å². The van der Waals surface area contributed by atoms with Crippen LogP contribution in [0.3, 0.4) is 0 Å². The molecule has 0 amide bonds. The van der Waals surface area contributed by atoms with E-state index in [9.17, 15) is 4.39 Å². The minimum atomic E-state index is -0.399. The van der Waals surface area contributed by atoms with Gasteiger partial charge >= 0.3 is 0 Å². The third-order valence-electron chi connectivity index (χ3n) is 3.60. The van der Waals surface area contributed by atoms with Crippen molar-refractivity contribution in [2.24, 2.45) is 0 Å². The first-order valence-electron chi connectivity index (χ1n) is 7.40. The molecule has 1 nitrogen and oxygen atoms in total. The molecule has 0 spiro atoms. The Hall–Kier alpha value is -1.54. The Labute approximate surface area is 131 Å². The van der Waals surface area contributed by atoms with Crippen LogP contribution in [0.1, 0.15) is 43.9 Å². The molecule has 0 aliphatic rings. The zero-order chi connectivity index (χ0) is 15.2. The largest absolute Gasteiger partial charge is 0.378 e. The van der Waals surface area contributed by atoms with Crippen molar-refractivity contribution in [2.45, 2.75) is 39.2 Å². The number of hydrogen-bond acceptors (Lipinski definition) is 1. The Bertz CT molecular complexity index is 580. The van der Waals surface area contributed by atoms with E-state index < -0.39 is 5.82 Å². The average molecular weight is 306 g/mol. The highest BCUT2D eigenvalue weighted by molar-refractivity contribution is 6.30. The highest BCUT2D eigenvalue weighted by Gasteiger charge is 2.07. The fourth-order valence-corrected chi connectivity index (χ4v) is 2.39. The maximum atomic E-state index is 13.4. The van der Waals surface area contributed by atoms with Crippen LogP contribution in [-0.2, 0) is 6.42 Å². The summed E-state index contributed by atoms with van der Waals surface area (Å²) in [5.74, 6) is -0.399. The highest BCUT2D eigenvalue weighted by atomic mass is 35.5. The summed E-state index contributed by atoms with van der Waals surface area (Å²) in [4.78, 5) is 0. The molecule has 1 N–H and O–H groups in total. The maximum absolute atomic E-state index is 13.4. The second-order valence-corrected chi connectivity index (χ2v) is 5.75. The number of unbranched alkanes of at least 4 members (excludes halogenated alkanes) is 1. The number of halogens is 2. The van der Waals surface area contributed by atoms with Gasteiger partial charge in [-0.2, -0.15) is 0 Å². The van der Waals surface area contributed by atoms with Gasteiger partial charge in [0.25, 0.3) is 0 Å². The van der Waals surface area contributed by atoms with E-state index in [0.29, 0.717) is 0 Å². The summed E-state index contributed by atoms with van der Waals surface area (Å²) in [6, 6.07) is 13.5. The van der Waals surface area contributed by atoms with Crippen molar-refractivity contribution in [1.82, 2.24) is 0 Å². The lowest BCUT2D eigenvalue weighted by Gasteiger charge is -2.16. The van der Waals surface area contributed by atoms with E-state index in [1.165, 1.54) is 30.0 Å². The number of rotatable bonds is 6. The molecule has 2 rings (SSSR count). The monoisotopic (exact) mass is 305 g/mol. The molecule has 0 aliphatic carbocycles. The van der Waals surface area contributed by atoms with Gasteiger partial charge in [-0.25, -0.2) is 4.39 Å². The van der Waals surface area contributed by atoms with Crippen molar-refractivity contribution >= 4 is 17.3 Å². The van der Waals surface area contributed by atoms with Crippen molar-refractivity contribution in [2.75, 3.05) is 5.32 Å². The van der Waals surface area contributed by atoms with Crippen molar-refractivity contribution in [3.05, 3.63) is 64.4 Å². The van der Waals surface area contributed by atoms with Gasteiger partial charge < -0.3 is 5.32 Å². The molecule has 21 heavy (non-hydrogen) atoms. The minimum Gasteiger partial charge on any atom is -0.378 e. The van der Waals surface area contributed by atoms with Crippen LogP contribution in [0.2, 0.25) is 5.02 Å². The van der Waals surface area contributed by atoms with E-state index >= 15 is 0 Å². The van der Waals surface area contributed by atoms with Gasteiger partial charge in [0.15, 0.2) is 0 Å². The standard InChI is InChI=1S/C18H21ClFN/c1-3-4-5-14-6-8-15(9-7-14)13(2)21-16-10-11-17(19)18(20)12-16/h6-13,21H,3-5H2,1-2H3. The van der Waals surface area contributed by atoms with Gasteiger partial charge in [0.05, 0.1) is 5.02 Å². The van der Waals surface area contributed by atoms with E-state index in [0.717, 1.165) is 12.1 Å². The fraction of sp³-hybridized carbons (Fsp3) is 0.333. The van der Waals surface area contributed by atoms with E-state index in [2.05, 4.69) is 43.4 Å². The smallest absolute Gasteiger partial charge is 0.143 e. The Morgan fingerprint density at radius 3 is 2.48 bits per heavy atom. The molecular weight excluding hydrogens is 285 g/mol. The third kappa shape index (κ3) is 4.47. The quantitative estimate of drug-likeness (QED) is 0.690. The van der Waals surface area contributed by atoms with Gasteiger partial charge in [0, 0.05) is 11.7 Å². The molecular formula is C18H21ClFN. The molecule has 0 fully saturated rings. The van der Waals surface area contributed by atoms with Crippen molar-refractivity contribution in [3.8, 4) is 0 Å². The van der Waals surface area contributed by atoms with Crippen LogP contribution in [0, 0.1) is 5.82 Å². The molecule has 0 saturated heterocycles. The first-order valence-corrected chi connectivity index (χ1v) is 7.78. The van der Waals surface area contributed by atoms with Gasteiger partial charge in [-0.05, 0) is 49.1 Å². The lowest BCUT2D eigenvalue weighted by atomic mass is 10.0. The van der Waals surface area contributed by atoms with Crippen LogP contribution < -0.4 is 5.32 Å². The Morgan fingerprint density at radius 2 is 1.86 bits per heavy atom. The maximum Gasteiger partial charge on any atom is 0.143 e. The zero-order valence-electron chi connectivity index (χ0n) is 12.5. The summed E-state index contributed by atoms with van der Waals surface area (Å²) >= 11 is 5.69. The predicted molar refractivity (Wildman–Crippen MR) is 88.5 cm³/mol. The molecule has 0 saturated carbocycles. The third-order valence-corrected chi connectivity index (χ3v) is 3.91. The van der Waals surface area contributed by atoms with Gasteiger partial charge in [-0.15, -0.1) is 0 Å². The van der Waals surface area contributed by atoms with E-state index in [1.807, 2.05) is 0 Å². The van der Waals surface area contributed by atoms with Gasteiger partial charge in [-0.3, -0.25) is 0 Å². The number of hydrogen-bond donors (Lipinski definition) is 1. The lowest BCUT2D eigenvalue weighted by Crippen LogP contribution is -2.06. The Kier molecular flexibility index (Phi) is 5.63. The number of benzene rings is 2. The summed E-state index contributed by atoms with van der Waals surface area (Å²) in [5, 5.41) is 3.44. The molecule has 0 heterocycles. The number of aryl methyl sites for hydroxylation is 1. The minimum absolute atomic E-state index is 0.116. The summed E-state index contributed by atoms with van der Waals surface area (Å²) in [6.07, 6.45) is 3.56. The second-order valence-electron chi connectivity index (χ2n) is 5.34. The number of anilines is 1. The lowest BCUT2D eigenvalue weighted by molar-refractivity contribution is 0.628.